The molecule has 3 nitrogen and oxygen atoms in total. The first-order valence-corrected chi connectivity index (χ1v) is 10.0. The molecule has 1 unspecified atom stereocenters. The summed E-state index contributed by atoms with van der Waals surface area (Å²) >= 11 is 5.96. The van der Waals surface area contributed by atoms with Crippen molar-refractivity contribution in [2.24, 2.45) is 0 Å². The van der Waals surface area contributed by atoms with Gasteiger partial charge in [0.05, 0.1) is 0 Å². The summed E-state index contributed by atoms with van der Waals surface area (Å²) in [5, 5.41) is 4.33. The molecule has 1 N–H and O–H groups in total. The van der Waals surface area contributed by atoms with E-state index in [1.54, 1.807) is 0 Å². The number of ether oxygens (including phenoxy) is 2. The molecule has 0 aliphatic carbocycles. The van der Waals surface area contributed by atoms with Gasteiger partial charge in [-0.1, -0.05) is 60.1 Å². The van der Waals surface area contributed by atoms with Gasteiger partial charge in [0, 0.05) is 11.6 Å². The molecule has 1 aliphatic heterocycles. The van der Waals surface area contributed by atoms with Gasteiger partial charge in [-0.3, -0.25) is 0 Å². The van der Waals surface area contributed by atoms with Crippen molar-refractivity contribution in [3.05, 3.63) is 94.5 Å². The summed E-state index contributed by atoms with van der Waals surface area (Å²) in [6, 6.07) is 25.0. The van der Waals surface area contributed by atoms with Gasteiger partial charge in [-0.25, -0.2) is 0 Å². The third-order valence-electron chi connectivity index (χ3n) is 5.10. The molecular formula is C24H24ClNO2. The van der Waals surface area contributed by atoms with Gasteiger partial charge in [0.1, 0.15) is 0 Å². The number of nitrogens with one attached hydrogen (secondary N) is 1. The maximum atomic E-state index is 5.96. The Morgan fingerprint density at radius 2 is 1.64 bits per heavy atom. The molecule has 0 fully saturated rings. The van der Waals surface area contributed by atoms with Crippen LogP contribution >= 0.6 is 11.6 Å². The predicted molar refractivity (Wildman–Crippen MR) is 113 cm³/mol. The SMILES string of the molecule is Clc1ccc(CNCCC(Cc2ccccc2)c2ccc3c(c2)OCO3)cc1. The van der Waals surface area contributed by atoms with E-state index in [0.29, 0.717) is 12.7 Å². The van der Waals surface area contributed by atoms with Gasteiger partial charge in [-0.05, 0) is 66.3 Å². The summed E-state index contributed by atoms with van der Waals surface area (Å²) in [5.41, 5.74) is 3.89. The van der Waals surface area contributed by atoms with Gasteiger partial charge in [0.2, 0.25) is 6.79 Å². The lowest BCUT2D eigenvalue weighted by atomic mass is 9.89. The first-order chi connectivity index (χ1) is 13.8. The summed E-state index contributed by atoms with van der Waals surface area (Å²) in [6.07, 6.45) is 2.05. The van der Waals surface area contributed by atoms with Crippen molar-refractivity contribution in [3.63, 3.8) is 0 Å². The molecule has 0 amide bonds. The van der Waals surface area contributed by atoms with Crippen molar-refractivity contribution in [1.29, 1.82) is 0 Å². The molecule has 4 heteroatoms. The fraction of sp³-hybridized carbons (Fsp3) is 0.250. The lowest BCUT2D eigenvalue weighted by molar-refractivity contribution is 0.174. The van der Waals surface area contributed by atoms with Crippen LogP contribution in [0.15, 0.2) is 72.8 Å². The smallest absolute Gasteiger partial charge is 0.231 e. The highest BCUT2D eigenvalue weighted by molar-refractivity contribution is 6.30. The average Bonchev–Trinajstić information content (AvgIpc) is 3.20. The van der Waals surface area contributed by atoms with E-state index in [0.717, 1.165) is 42.5 Å². The summed E-state index contributed by atoms with van der Waals surface area (Å²) < 4.78 is 11.0. The minimum absolute atomic E-state index is 0.310. The standard InChI is InChI=1S/C24H24ClNO2/c25-22-9-6-19(7-10-22)16-26-13-12-21(14-18-4-2-1-3-5-18)20-8-11-23-24(15-20)28-17-27-23/h1-11,15,21,26H,12-14,16-17H2. The second-order valence-electron chi connectivity index (χ2n) is 7.09. The Kier molecular flexibility index (Phi) is 6.15. The van der Waals surface area contributed by atoms with Crippen molar-refractivity contribution in [1.82, 2.24) is 5.32 Å². The molecule has 1 atom stereocenters. The number of fused-ring (bicyclic) bond motifs is 1. The summed E-state index contributed by atoms with van der Waals surface area (Å²) in [5.74, 6) is 2.10. The van der Waals surface area contributed by atoms with Crippen molar-refractivity contribution >= 4 is 11.6 Å². The topological polar surface area (TPSA) is 30.5 Å². The molecule has 144 valence electrons. The van der Waals surface area contributed by atoms with Crippen molar-refractivity contribution in [3.8, 4) is 11.5 Å². The highest BCUT2D eigenvalue weighted by Crippen LogP contribution is 2.36. The van der Waals surface area contributed by atoms with Gasteiger partial charge < -0.3 is 14.8 Å². The van der Waals surface area contributed by atoms with E-state index in [2.05, 4.69) is 59.9 Å². The van der Waals surface area contributed by atoms with E-state index in [1.165, 1.54) is 16.7 Å². The summed E-state index contributed by atoms with van der Waals surface area (Å²) in [6.45, 7) is 2.09. The summed E-state index contributed by atoms with van der Waals surface area (Å²) in [4.78, 5) is 0. The zero-order valence-corrected chi connectivity index (χ0v) is 16.5. The van der Waals surface area contributed by atoms with Crippen molar-refractivity contribution in [2.45, 2.75) is 25.3 Å². The molecule has 1 aliphatic rings. The third kappa shape index (κ3) is 4.86. The second kappa shape index (κ2) is 9.13. The first-order valence-electron chi connectivity index (χ1n) is 9.66. The van der Waals surface area contributed by atoms with E-state index in [-0.39, 0.29) is 0 Å². The number of hydrogen-bond acceptors (Lipinski definition) is 3. The predicted octanol–water partition coefficient (Wildman–Crippen LogP) is 5.57. The van der Waals surface area contributed by atoms with E-state index in [1.807, 2.05) is 18.2 Å². The molecule has 1 heterocycles. The first kappa shape index (κ1) is 18.9. The minimum atomic E-state index is 0.310. The zero-order chi connectivity index (χ0) is 19.2. The second-order valence-corrected chi connectivity index (χ2v) is 7.53. The van der Waals surface area contributed by atoms with Crippen LogP contribution in [-0.2, 0) is 13.0 Å². The monoisotopic (exact) mass is 393 g/mol. The molecule has 0 aromatic heterocycles. The third-order valence-corrected chi connectivity index (χ3v) is 5.36. The Labute approximate surface area is 171 Å². The number of benzene rings is 3. The van der Waals surface area contributed by atoms with Crippen LogP contribution in [0.3, 0.4) is 0 Å². The van der Waals surface area contributed by atoms with Gasteiger partial charge in [-0.2, -0.15) is 0 Å². The van der Waals surface area contributed by atoms with E-state index < -0.39 is 0 Å². The molecule has 3 aromatic carbocycles. The fourth-order valence-electron chi connectivity index (χ4n) is 3.56. The number of hydrogen-bond donors (Lipinski definition) is 1. The summed E-state index contributed by atoms with van der Waals surface area (Å²) in [7, 11) is 0. The van der Waals surface area contributed by atoms with Gasteiger partial charge in [0.15, 0.2) is 11.5 Å². The van der Waals surface area contributed by atoms with Crippen LogP contribution in [0.25, 0.3) is 0 Å². The van der Waals surface area contributed by atoms with Crippen LogP contribution < -0.4 is 14.8 Å². The molecule has 28 heavy (non-hydrogen) atoms. The Balaban J connectivity index is 1.41. The van der Waals surface area contributed by atoms with E-state index in [4.69, 9.17) is 21.1 Å². The fourth-order valence-corrected chi connectivity index (χ4v) is 3.69. The molecule has 0 saturated heterocycles. The quantitative estimate of drug-likeness (QED) is 0.507. The number of rotatable bonds is 8. The molecule has 0 radical (unpaired) electrons. The Morgan fingerprint density at radius 3 is 2.46 bits per heavy atom. The van der Waals surface area contributed by atoms with Gasteiger partial charge in [0.25, 0.3) is 0 Å². The Hall–Kier alpha value is -2.49. The largest absolute Gasteiger partial charge is 0.454 e. The Bertz CT molecular complexity index is 896. The van der Waals surface area contributed by atoms with E-state index in [9.17, 15) is 0 Å². The minimum Gasteiger partial charge on any atom is -0.454 e. The van der Waals surface area contributed by atoms with Crippen LogP contribution in [-0.4, -0.2) is 13.3 Å². The van der Waals surface area contributed by atoms with Crippen molar-refractivity contribution in [2.75, 3.05) is 13.3 Å². The number of halogens is 1. The molecule has 3 aromatic rings. The lowest BCUT2D eigenvalue weighted by Crippen LogP contribution is -2.18. The van der Waals surface area contributed by atoms with Crippen LogP contribution in [0, 0.1) is 0 Å². The maximum Gasteiger partial charge on any atom is 0.231 e. The van der Waals surface area contributed by atoms with Crippen LogP contribution in [0.2, 0.25) is 5.02 Å². The lowest BCUT2D eigenvalue weighted by Gasteiger charge is -2.19. The highest BCUT2D eigenvalue weighted by Gasteiger charge is 2.18. The molecular weight excluding hydrogens is 370 g/mol. The molecule has 0 bridgehead atoms. The maximum absolute atomic E-state index is 5.96. The highest BCUT2D eigenvalue weighted by atomic mass is 35.5. The normalized spacial score (nSPS) is 13.5. The van der Waals surface area contributed by atoms with Crippen LogP contribution in [0.4, 0.5) is 0 Å². The molecule has 0 spiro atoms. The molecule has 4 rings (SSSR count). The average molecular weight is 394 g/mol. The molecule has 0 saturated carbocycles. The van der Waals surface area contributed by atoms with Gasteiger partial charge >= 0.3 is 0 Å². The Morgan fingerprint density at radius 1 is 0.857 bits per heavy atom. The van der Waals surface area contributed by atoms with Crippen molar-refractivity contribution < 1.29 is 9.47 Å². The van der Waals surface area contributed by atoms with Gasteiger partial charge in [-0.15, -0.1) is 0 Å². The van der Waals surface area contributed by atoms with E-state index >= 15 is 0 Å². The van der Waals surface area contributed by atoms with Crippen LogP contribution in [0.1, 0.15) is 29.0 Å². The van der Waals surface area contributed by atoms with Crippen LogP contribution in [0.5, 0.6) is 11.5 Å². The zero-order valence-electron chi connectivity index (χ0n) is 15.7.